The van der Waals surface area contributed by atoms with E-state index in [2.05, 4.69) is 4.98 Å². The van der Waals surface area contributed by atoms with Crippen LogP contribution in [0.25, 0.3) is 0 Å². The van der Waals surface area contributed by atoms with E-state index in [4.69, 9.17) is 9.84 Å². The molecular formula is C11H13N3O6. The van der Waals surface area contributed by atoms with Crippen LogP contribution in [0, 0.1) is 0 Å². The number of morpholine rings is 1. The van der Waals surface area contributed by atoms with Crippen LogP contribution < -0.4 is 11.2 Å². The molecule has 1 unspecified atom stereocenters. The molecule has 0 aliphatic carbocycles. The normalized spacial score (nSPS) is 18.8. The van der Waals surface area contributed by atoms with Gasteiger partial charge in [-0.25, -0.2) is 9.59 Å². The lowest BCUT2D eigenvalue weighted by molar-refractivity contribution is -0.159. The quantitative estimate of drug-likeness (QED) is 0.583. The summed E-state index contributed by atoms with van der Waals surface area (Å²) in [6, 6.07) is 1.12. The minimum Gasteiger partial charge on any atom is -0.479 e. The van der Waals surface area contributed by atoms with Gasteiger partial charge in [0.2, 0.25) is 5.91 Å². The molecular weight excluding hydrogens is 270 g/mol. The van der Waals surface area contributed by atoms with E-state index in [0.29, 0.717) is 0 Å². The number of carbonyl (C=O) groups is 2. The molecule has 0 spiro atoms. The fourth-order valence-corrected chi connectivity index (χ4v) is 1.91. The molecule has 1 saturated heterocycles. The van der Waals surface area contributed by atoms with Crippen LogP contribution in [0.3, 0.4) is 0 Å². The van der Waals surface area contributed by atoms with Crippen molar-refractivity contribution in [3.8, 4) is 0 Å². The molecule has 108 valence electrons. The van der Waals surface area contributed by atoms with Gasteiger partial charge in [0, 0.05) is 18.3 Å². The minimum absolute atomic E-state index is 0.0540. The summed E-state index contributed by atoms with van der Waals surface area (Å²) in [7, 11) is 0. The smallest absolute Gasteiger partial charge is 0.334 e. The van der Waals surface area contributed by atoms with Crippen LogP contribution >= 0.6 is 0 Å². The summed E-state index contributed by atoms with van der Waals surface area (Å²) in [5.74, 6) is -1.51. The maximum absolute atomic E-state index is 12.0. The summed E-state index contributed by atoms with van der Waals surface area (Å²) in [6.45, 7) is 0.353. The zero-order valence-corrected chi connectivity index (χ0v) is 10.4. The van der Waals surface area contributed by atoms with Crippen molar-refractivity contribution in [2.24, 2.45) is 0 Å². The zero-order valence-electron chi connectivity index (χ0n) is 10.4. The van der Waals surface area contributed by atoms with Crippen LogP contribution in [0.4, 0.5) is 0 Å². The fourth-order valence-electron chi connectivity index (χ4n) is 1.91. The Morgan fingerprint density at radius 3 is 2.80 bits per heavy atom. The first-order valence-electron chi connectivity index (χ1n) is 5.90. The van der Waals surface area contributed by atoms with E-state index in [0.717, 1.165) is 6.07 Å². The molecule has 0 radical (unpaired) electrons. The first-order valence-corrected chi connectivity index (χ1v) is 5.90. The molecule has 0 saturated carbocycles. The van der Waals surface area contributed by atoms with Gasteiger partial charge in [0.1, 0.15) is 0 Å². The Morgan fingerprint density at radius 2 is 2.15 bits per heavy atom. The van der Waals surface area contributed by atoms with Gasteiger partial charge < -0.3 is 19.7 Å². The maximum Gasteiger partial charge on any atom is 0.334 e. The second kappa shape index (κ2) is 5.70. The van der Waals surface area contributed by atoms with Gasteiger partial charge in [-0.15, -0.1) is 0 Å². The molecule has 1 atom stereocenters. The van der Waals surface area contributed by atoms with Crippen LogP contribution in [0.5, 0.6) is 0 Å². The molecule has 9 nitrogen and oxygen atoms in total. The second-order valence-corrected chi connectivity index (χ2v) is 4.33. The molecule has 0 aromatic carbocycles. The van der Waals surface area contributed by atoms with E-state index in [1.807, 2.05) is 4.98 Å². The predicted octanol–water partition coefficient (Wildman–Crippen LogP) is -2.08. The first-order chi connectivity index (χ1) is 9.45. The lowest BCUT2D eigenvalue weighted by Gasteiger charge is -2.30. The van der Waals surface area contributed by atoms with E-state index in [-0.39, 0.29) is 37.7 Å². The number of H-pyrrole nitrogens is 2. The number of aromatic amines is 2. The standard InChI is InChI=1S/C11H13N3O6/c15-8-3-6(12-11(19)13-8)4-9(16)14-1-2-20-7(5-14)10(17)18/h3,7H,1-2,4-5H2,(H,17,18)(H2,12,13,15,19). The van der Waals surface area contributed by atoms with Gasteiger partial charge in [-0.2, -0.15) is 0 Å². The number of nitrogens with one attached hydrogen (secondary N) is 2. The number of nitrogens with zero attached hydrogens (tertiary/aromatic N) is 1. The summed E-state index contributed by atoms with van der Waals surface area (Å²) in [5, 5.41) is 8.84. The number of carboxylic acids is 1. The molecule has 1 aromatic rings. The van der Waals surface area contributed by atoms with E-state index in [1.165, 1.54) is 4.90 Å². The van der Waals surface area contributed by atoms with E-state index in [9.17, 15) is 19.2 Å². The Labute approximate surface area is 112 Å². The van der Waals surface area contributed by atoms with Gasteiger partial charge in [0.15, 0.2) is 6.10 Å². The van der Waals surface area contributed by atoms with Gasteiger partial charge in [0.25, 0.3) is 5.56 Å². The fraction of sp³-hybridized carbons (Fsp3) is 0.455. The van der Waals surface area contributed by atoms with Crippen LogP contribution in [0.2, 0.25) is 0 Å². The Kier molecular flexibility index (Phi) is 3.99. The van der Waals surface area contributed by atoms with Crippen molar-refractivity contribution in [3.63, 3.8) is 0 Å². The minimum atomic E-state index is -1.13. The van der Waals surface area contributed by atoms with Gasteiger partial charge in [-0.3, -0.25) is 14.6 Å². The molecule has 1 fully saturated rings. The highest BCUT2D eigenvalue weighted by molar-refractivity contribution is 5.80. The van der Waals surface area contributed by atoms with Crippen LogP contribution in [0.15, 0.2) is 15.7 Å². The number of ether oxygens (including phenoxy) is 1. The number of carboxylic acid groups (broad SMARTS) is 1. The number of rotatable bonds is 3. The number of carbonyl (C=O) groups excluding carboxylic acids is 1. The highest BCUT2D eigenvalue weighted by atomic mass is 16.5. The number of hydrogen-bond acceptors (Lipinski definition) is 5. The predicted molar refractivity (Wildman–Crippen MR) is 65.3 cm³/mol. The van der Waals surface area contributed by atoms with Crippen LogP contribution in [0.1, 0.15) is 5.69 Å². The average Bonchev–Trinajstić information content (AvgIpc) is 2.37. The van der Waals surface area contributed by atoms with E-state index in [1.54, 1.807) is 0 Å². The highest BCUT2D eigenvalue weighted by Crippen LogP contribution is 2.07. The van der Waals surface area contributed by atoms with Gasteiger partial charge >= 0.3 is 11.7 Å². The lowest BCUT2D eigenvalue weighted by Crippen LogP contribution is -2.49. The summed E-state index contributed by atoms with van der Waals surface area (Å²) in [4.78, 5) is 50.7. The van der Waals surface area contributed by atoms with Crippen molar-refractivity contribution in [3.05, 3.63) is 32.6 Å². The molecule has 1 aliphatic rings. The Bertz CT molecular complexity index is 605. The first kappa shape index (κ1) is 14.0. The highest BCUT2D eigenvalue weighted by Gasteiger charge is 2.28. The van der Waals surface area contributed by atoms with Crippen molar-refractivity contribution in [2.75, 3.05) is 19.7 Å². The number of aromatic nitrogens is 2. The van der Waals surface area contributed by atoms with Gasteiger partial charge in [0.05, 0.1) is 19.6 Å². The third-order valence-corrected chi connectivity index (χ3v) is 2.85. The SMILES string of the molecule is O=C(O)C1CN(C(=O)Cc2cc(=O)[nH]c(=O)[nH]2)CCO1. The molecule has 1 aromatic heterocycles. The average molecular weight is 283 g/mol. The van der Waals surface area contributed by atoms with Crippen molar-refractivity contribution in [2.45, 2.75) is 12.5 Å². The molecule has 2 rings (SSSR count). The monoisotopic (exact) mass is 283 g/mol. The second-order valence-electron chi connectivity index (χ2n) is 4.33. The number of amides is 1. The zero-order chi connectivity index (χ0) is 14.7. The summed E-state index contributed by atoms with van der Waals surface area (Å²) < 4.78 is 5.00. The van der Waals surface area contributed by atoms with Crippen LogP contribution in [-0.4, -0.2) is 57.7 Å². The molecule has 9 heteroatoms. The largest absolute Gasteiger partial charge is 0.479 e. The summed E-state index contributed by atoms with van der Waals surface area (Å²) in [5.41, 5.74) is -1.10. The summed E-state index contributed by atoms with van der Waals surface area (Å²) >= 11 is 0. The summed E-state index contributed by atoms with van der Waals surface area (Å²) in [6.07, 6.45) is -1.23. The van der Waals surface area contributed by atoms with Crippen LogP contribution in [-0.2, 0) is 20.7 Å². The van der Waals surface area contributed by atoms with E-state index < -0.39 is 23.3 Å². The van der Waals surface area contributed by atoms with E-state index >= 15 is 0 Å². The van der Waals surface area contributed by atoms with Gasteiger partial charge in [-0.1, -0.05) is 0 Å². The molecule has 3 N–H and O–H groups in total. The molecule has 2 heterocycles. The topological polar surface area (TPSA) is 133 Å². The Morgan fingerprint density at radius 1 is 1.40 bits per heavy atom. The van der Waals surface area contributed by atoms with Crippen molar-refractivity contribution in [1.82, 2.24) is 14.9 Å². The van der Waals surface area contributed by atoms with Gasteiger partial charge in [-0.05, 0) is 0 Å². The molecule has 20 heavy (non-hydrogen) atoms. The Balaban J connectivity index is 2.06. The van der Waals surface area contributed by atoms with Crippen molar-refractivity contribution in [1.29, 1.82) is 0 Å². The Hall–Kier alpha value is -2.42. The molecule has 1 aliphatic heterocycles. The third-order valence-electron chi connectivity index (χ3n) is 2.85. The molecule has 0 bridgehead atoms. The molecule has 1 amide bonds. The number of hydrogen-bond donors (Lipinski definition) is 3. The van der Waals surface area contributed by atoms with Crippen molar-refractivity contribution < 1.29 is 19.4 Å². The number of aliphatic carboxylic acids is 1. The maximum atomic E-state index is 12.0. The third kappa shape index (κ3) is 3.32. The lowest BCUT2D eigenvalue weighted by atomic mass is 10.2. The van der Waals surface area contributed by atoms with Crippen molar-refractivity contribution >= 4 is 11.9 Å².